The minimum Gasteiger partial charge on any atom is -0.756 e. The summed E-state index contributed by atoms with van der Waals surface area (Å²) in [7, 11) is 1.30. The Bertz CT molecular complexity index is 644. The summed E-state index contributed by atoms with van der Waals surface area (Å²) in [5.74, 6) is -0.173. The molecule has 240 valence electrons. The van der Waals surface area contributed by atoms with Gasteiger partial charge in [-0.25, -0.2) is 0 Å². The summed E-state index contributed by atoms with van der Waals surface area (Å²) in [6.07, 6.45) is 21.3. The molecule has 3 atom stereocenters. The van der Waals surface area contributed by atoms with E-state index in [4.69, 9.17) is 9.05 Å². The third kappa shape index (κ3) is 26.4. The second-order valence-electron chi connectivity index (χ2n) is 12.5. The van der Waals surface area contributed by atoms with E-state index in [0.717, 1.165) is 51.4 Å². The topological polar surface area (TPSA) is 108 Å². The second-order valence-corrected chi connectivity index (χ2v) is 13.9. The normalized spacial score (nSPS) is 15.1. The third-order valence-corrected chi connectivity index (χ3v) is 8.31. The van der Waals surface area contributed by atoms with Gasteiger partial charge in [-0.1, -0.05) is 123 Å². The molecule has 9 heteroatoms. The molecule has 0 aromatic carbocycles. The van der Waals surface area contributed by atoms with Crippen LogP contribution < -0.4 is 10.2 Å². The van der Waals surface area contributed by atoms with E-state index in [1.807, 2.05) is 21.1 Å². The first kappa shape index (κ1) is 39.5. The van der Waals surface area contributed by atoms with Gasteiger partial charge in [0.2, 0.25) is 5.91 Å². The minimum atomic E-state index is -4.53. The molecule has 40 heavy (non-hydrogen) atoms. The Morgan fingerprint density at radius 3 is 1.70 bits per heavy atom. The van der Waals surface area contributed by atoms with E-state index >= 15 is 0 Å². The fraction of sp³-hybridized carbons (Fsp3) is 0.968. The van der Waals surface area contributed by atoms with Gasteiger partial charge in [0.25, 0.3) is 7.82 Å². The lowest BCUT2D eigenvalue weighted by atomic mass is 10.0. The Kier molecular flexibility index (Phi) is 24.7. The highest BCUT2D eigenvalue weighted by molar-refractivity contribution is 7.45. The second kappa shape index (κ2) is 25.0. The van der Waals surface area contributed by atoms with Crippen molar-refractivity contribution < 1.29 is 32.9 Å². The van der Waals surface area contributed by atoms with Crippen molar-refractivity contribution in [2.45, 2.75) is 154 Å². The van der Waals surface area contributed by atoms with Gasteiger partial charge in [0.1, 0.15) is 13.2 Å². The van der Waals surface area contributed by atoms with Crippen molar-refractivity contribution in [2.24, 2.45) is 0 Å². The number of aliphatic hydroxyl groups is 1. The van der Waals surface area contributed by atoms with Crippen LogP contribution in [0.15, 0.2) is 0 Å². The van der Waals surface area contributed by atoms with Gasteiger partial charge >= 0.3 is 0 Å². The molecule has 0 aromatic rings. The van der Waals surface area contributed by atoms with Crippen LogP contribution in [-0.2, 0) is 18.4 Å². The number of phosphoric acid groups is 1. The molecule has 0 aliphatic carbocycles. The van der Waals surface area contributed by atoms with E-state index in [9.17, 15) is 19.4 Å². The first-order valence-electron chi connectivity index (χ1n) is 16.4. The van der Waals surface area contributed by atoms with Gasteiger partial charge in [-0.3, -0.25) is 9.36 Å². The van der Waals surface area contributed by atoms with E-state index in [1.54, 1.807) is 0 Å². The SMILES string of the molecule is CCCCCCCCCCCCCCCC(=O)NC(COP(=O)([O-])OCC[N+](C)(C)C)C(O)CCCCCCC. The fourth-order valence-electron chi connectivity index (χ4n) is 4.62. The van der Waals surface area contributed by atoms with E-state index in [1.165, 1.54) is 64.2 Å². The molecular weight excluding hydrogens is 527 g/mol. The summed E-state index contributed by atoms with van der Waals surface area (Å²) < 4.78 is 22.9. The molecule has 8 nitrogen and oxygen atoms in total. The van der Waals surface area contributed by atoms with Crippen molar-refractivity contribution in [1.82, 2.24) is 5.32 Å². The van der Waals surface area contributed by atoms with Gasteiger partial charge < -0.3 is 28.8 Å². The van der Waals surface area contributed by atoms with Gasteiger partial charge in [-0.15, -0.1) is 0 Å². The van der Waals surface area contributed by atoms with Crippen LogP contribution in [0.3, 0.4) is 0 Å². The van der Waals surface area contributed by atoms with E-state index in [2.05, 4.69) is 19.2 Å². The quantitative estimate of drug-likeness (QED) is 0.0557. The molecule has 0 rings (SSSR count). The highest BCUT2D eigenvalue weighted by Gasteiger charge is 2.24. The standard InChI is InChI=1S/C31H65N2O6P/c1-6-8-10-12-13-14-15-16-17-18-19-21-23-25-31(35)32-29(30(34)24-22-20-11-9-7-2)28-39-40(36,37)38-27-26-33(3,4)5/h29-30,34H,6-28H2,1-5H3,(H-,32,35,36,37). The molecule has 0 spiro atoms. The molecule has 0 aliphatic heterocycles. The monoisotopic (exact) mass is 592 g/mol. The number of phosphoric ester groups is 1. The number of aliphatic hydroxyl groups excluding tert-OH is 1. The van der Waals surface area contributed by atoms with Crippen molar-refractivity contribution in [3.63, 3.8) is 0 Å². The maximum Gasteiger partial charge on any atom is 0.268 e. The number of likely N-dealkylation sites (N-methyl/N-ethyl adjacent to an activating group) is 1. The maximum absolute atomic E-state index is 12.6. The van der Waals surface area contributed by atoms with Crippen molar-refractivity contribution in [3.8, 4) is 0 Å². The minimum absolute atomic E-state index is 0.0142. The van der Waals surface area contributed by atoms with Crippen molar-refractivity contribution in [2.75, 3.05) is 40.9 Å². The van der Waals surface area contributed by atoms with Crippen LogP contribution in [0.25, 0.3) is 0 Å². The zero-order valence-electron chi connectivity index (χ0n) is 26.8. The van der Waals surface area contributed by atoms with Crippen LogP contribution in [0, 0.1) is 0 Å². The average Bonchev–Trinajstić information content (AvgIpc) is 2.88. The summed E-state index contributed by atoms with van der Waals surface area (Å²) in [5.41, 5.74) is 0. The molecule has 0 saturated carbocycles. The Labute approximate surface area is 247 Å². The molecule has 0 saturated heterocycles. The van der Waals surface area contributed by atoms with E-state index in [-0.39, 0.29) is 19.1 Å². The molecule has 2 N–H and O–H groups in total. The van der Waals surface area contributed by atoms with Gasteiger partial charge in [0, 0.05) is 6.42 Å². The van der Waals surface area contributed by atoms with E-state index in [0.29, 0.717) is 23.9 Å². The Hall–Kier alpha value is -0.500. The Morgan fingerprint density at radius 1 is 0.775 bits per heavy atom. The number of quaternary nitrogens is 1. The fourth-order valence-corrected chi connectivity index (χ4v) is 5.35. The molecular formula is C31H65N2O6P. The van der Waals surface area contributed by atoms with Gasteiger partial charge in [-0.05, 0) is 12.8 Å². The molecule has 0 aliphatic rings. The number of carbonyl (C=O) groups is 1. The number of amides is 1. The molecule has 0 aromatic heterocycles. The molecule has 3 unspecified atom stereocenters. The van der Waals surface area contributed by atoms with Crippen LogP contribution in [0.1, 0.15) is 142 Å². The smallest absolute Gasteiger partial charge is 0.268 e. The van der Waals surface area contributed by atoms with Crippen LogP contribution in [0.2, 0.25) is 0 Å². The number of hydrogen-bond acceptors (Lipinski definition) is 6. The van der Waals surface area contributed by atoms with Gasteiger partial charge in [0.05, 0.1) is 39.9 Å². The first-order chi connectivity index (χ1) is 19.0. The summed E-state index contributed by atoms with van der Waals surface area (Å²) in [5, 5.41) is 13.6. The van der Waals surface area contributed by atoms with Crippen LogP contribution in [-0.4, -0.2) is 68.5 Å². The molecule has 0 radical (unpaired) electrons. The summed E-state index contributed by atoms with van der Waals surface area (Å²) in [6, 6.07) is -0.787. The van der Waals surface area contributed by atoms with Crippen LogP contribution >= 0.6 is 7.82 Å². The largest absolute Gasteiger partial charge is 0.756 e. The third-order valence-electron chi connectivity index (χ3n) is 7.35. The lowest BCUT2D eigenvalue weighted by Gasteiger charge is -2.30. The predicted octanol–water partition coefficient (Wildman–Crippen LogP) is 6.88. The highest BCUT2D eigenvalue weighted by atomic mass is 31.2. The summed E-state index contributed by atoms with van der Waals surface area (Å²) in [4.78, 5) is 24.9. The number of carbonyl (C=O) groups excluding carboxylic acids is 1. The van der Waals surface area contributed by atoms with Crippen molar-refractivity contribution >= 4 is 13.7 Å². The molecule has 0 bridgehead atoms. The maximum atomic E-state index is 12.6. The molecule has 0 fully saturated rings. The molecule has 1 amide bonds. The van der Waals surface area contributed by atoms with Crippen LogP contribution in [0.4, 0.5) is 0 Å². The highest BCUT2D eigenvalue weighted by Crippen LogP contribution is 2.38. The first-order valence-corrected chi connectivity index (χ1v) is 17.8. The number of rotatable bonds is 29. The van der Waals surface area contributed by atoms with Crippen LogP contribution in [0.5, 0.6) is 0 Å². The number of nitrogens with zero attached hydrogens (tertiary/aromatic N) is 1. The van der Waals surface area contributed by atoms with Crippen molar-refractivity contribution in [1.29, 1.82) is 0 Å². The van der Waals surface area contributed by atoms with Gasteiger partial charge in [-0.2, -0.15) is 0 Å². The zero-order valence-corrected chi connectivity index (χ0v) is 27.7. The number of unbranched alkanes of at least 4 members (excludes halogenated alkanes) is 16. The molecule has 0 heterocycles. The number of nitrogens with one attached hydrogen (secondary N) is 1. The predicted molar refractivity (Wildman–Crippen MR) is 164 cm³/mol. The zero-order chi connectivity index (χ0) is 30.1. The Morgan fingerprint density at radius 2 is 1.23 bits per heavy atom. The Balaban J connectivity index is 4.37. The summed E-state index contributed by atoms with van der Waals surface area (Å²) >= 11 is 0. The van der Waals surface area contributed by atoms with Crippen molar-refractivity contribution in [3.05, 3.63) is 0 Å². The number of hydrogen-bond donors (Lipinski definition) is 2. The van der Waals surface area contributed by atoms with E-state index < -0.39 is 20.0 Å². The summed E-state index contributed by atoms with van der Waals surface area (Å²) in [6.45, 7) is 4.60. The lowest BCUT2D eigenvalue weighted by molar-refractivity contribution is -0.870. The van der Waals surface area contributed by atoms with Gasteiger partial charge in [0.15, 0.2) is 0 Å². The average molecular weight is 593 g/mol. The lowest BCUT2D eigenvalue weighted by Crippen LogP contribution is -2.46.